The number of likely N-dealkylation sites (tertiary alicyclic amines) is 1. The normalized spacial score (nSPS) is 21.6. The van der Waals surface area contributed by atoms with Crippen LogP contribution in [-0.4, -0.2) is 36.9 Å². The number of nitrogens with one attached hydrogen (secondary N) is 1. The lowest BCUT2D eigenvalue weighted by Gasteiger charge is -2.34. The van der Waals surface area contributed by atoms with Crippen molar-refractivity contribution in [1.82, 2.24) is 10.3 Å². The summed E-state index contributed by atoms with van der Waals surface area (Å²) in [5, 5.41) is 4.67. The van der Waals surface area contributed by atoms with Crippen LogP contribution in [0.3, 0.4) is 0 Å². The van der Waals surface area contributed by atoms with Gasteiger partial charge in [-0.25, -0.2) is 0 Å². The van der Waals surface area contributed by atoms with Crippen molar-refractivity contribution >= 4 is 5.71 Å². The summed E-state index contributed by atoms with van der Waals surface area (Å²) in [5.41, 5.74) is 7.20. The maximum absolute atomic E-state index is 5.95. The Bertz CT molecular complexity index is 822. The monoisotopic (exact) mass is 379 g/mol. The molecule has 0 amide bonds. The van der Waals surface area contributed by atoms with Crippen molar-refractivity contribution in [3.05, 3.63) is 59.7 Å². The molecule has 2 unspecified atom stereocenters. The molecule has 0 saturated carbocycles. The molecule has 148 valence electrons. The lowest BCUT2D eigenvalue weighted by molar-refractivity contribution is 0.218. The van der Waals surface area contributed by atoms with Crippen molar-refractivity contribution in [1.29, 1.82) is 0 Å². The number of piperidine rings is 1. The molecule has 0 radical (unpaired) electrons. The predicted molar refractivity (Wildman–Crippen MR) is 112 cm³/mol. The molecular formula is C23H29N3O2. The summed E-state index contributed by atoms with van der Waals surface area (Å²) in [4.78, 5) is 2.54. The van der Waals surface area contributed by atoms with Crippen molar-refractivity contribution in [2.24, 2.45) is 11.0 Å². The van der Waals surface area contributed by atoms with Crippen LogP contribution in [0.1, 0.15) is 37.4 Å². The number of nitrogens with zero attached hydrogens (tertiary/aromatic N) is 2. The van der Waals surface area contributed by atoms with Crippen molar-refractivity contribution in [3.63, 3.8) is 0 Å². The first kappa shape index (κ1) is 18.8. The second-order valence-electron chi connectivity index (χ2n) is 7.35. The Balaban J connectivity index is 1.53. The highest BCUT2D eigenvalue weighted by molar-refractivity contribution is 5.90. The molecule has 0 aliphatic carbocycles. The highest BCUT2D eigenvalue weighted by Gasteiger charge is 2.38. The number of fused-ring (bicyclic) bond motifs is 1. The van der Waals surface area contributed by atoms with E-state index in [2.05, 4.69) is 51.8 Å². The van der Waals surface area contributed by atoms with Gasteiger partial charge in [0.25, 0.3) is 0 Å². The summed E-state index contributed by atoms with van der Waals surface area (Å²) in [6, 6.07) is 17.0. The van der Waals surface area contributed by atoms with Gasteiger partial charge >= 0.3 is 0 Å². The van der Waals surface area contributed by atoms with Crippen molar-refractivity contribution in [2.75, 3.05) is 26.3 Å². The first-order chi connectivity index (χ1) is 13.8. The number of hydrazone groups is 1. The molecule has 0 bridgehead atoms. The zero-order chi connectivity index (χ0) is 19.3. The Kier molecular flexibility index (Phi) is 5.81. The molecule has 5 nitrogen and oxygen atoms in total. The van der Waals surface area contributed by atoms with Gasteiger partial charge in [0, 0.05) is 49.3 Å². The number of benzene rings is 2. The molecule has 0 aromatic heterocycles. The van der Waals surface area contributed by atoms with Crippen LogP contribution in [0.5, 0.6) is 11.5 Å². The van der Waals surface area contributed by atoms with Crippen molar-refractivity contribution in [3.8, 4) is 11.5 Å². The minimum Gasteiger partial charge on any atom is -0.494 e. The average molecular weight is 380 g/mol. The van der Waals surface area contributed by atoms with E-state index in [4.69, 9.17) is 9.47 Å². The highest BCUT2D eigenvalue weighted by atomic mass is 16.5. The molecule has 2 aliphatic heterocycles. The summed E-state index contributed by atoms with van der Waals surface area (Å²) in [7, 11) is 0. The molecule has 4 rings (SSSR count). The first-order valence-corrected chi connectivity index (χ1v) is 10.3. The number of rotatable bonds is 7. The van der Waals surface area contributed by atoms with Crippen LogP contribution in [0, 0.1) is 5.92 Å². The minimum absolute atomic E-state index is 0.144. The van der Waals surface area contributed by atoms with Crippen LogP contribution in [-0.2, 0) is 6.54 Å². The summed E-state index contributed by atoms with van der Waals surface area (Å²) in [6.07, 6.45) is 1.02. The zero-order valence-electron chi connectivity index (χ0n) is 16.7. The molecule has 2 aromatic rings. The van der Waals surface area contributed by atoms with Gasteiger partial charge in [0.1, 0.15) is 11.5 Å². The van der Waals surface area contributed by atoms with Crippen LogP contribution < -0.4 is 14.9 Å². The molecule has 2 atom stereocenters. The lowest BCUT2D eigenvalue weighted by Crippen LogP contribution is -2.41. The molecular weight excluding hydrogens is 350 g/mol. The average Bonchev–Trinajstić information content (AvgIpc) is 3.13. The Morgan fingerprint density at radius 1 is 1.07 bits per heavy atom. The number of ether oxygens (including phenoxy) is 2. The van der Waals surface area contributed by atoms with E-state index >= 15 is 0 Å². The molecule has 1 saturated heterocycles. The largest absolute Gasteiger partial charge is 0.494 e. The van der Waals surface area contributed by atoms with E-state index in [0.717, 1.165) is 43.1 Å². The summed E-state index contributed by atoms with van der Waals surface area (Å²) in [6.45, 7) is 8.34. The fraction of sp³-hybridized carbons (Fsp3) is 0.435. The van der Waals surface area contributed by atoms with Gasteiger partial charge < -0.3 is 14.9 Å². The summed E-state index contributed by atoms with van der Waals surface area (Å²) >= 11 is 0. The van der Waals surface area contributed by atoms with Crippen molar-refractivity contribution in [2.45, 2.75) is 32.9 Å². The van der Waals surface area contributed by atoms with Gasteiger partial charge in [-0.3, -0.25) is 4.90 Å². The smallest absolute Gasteiger partial charge is 0.128 e. The SMILES string of the molecule is CCOc1ccc(C2NN=C3CCN(Cc4ccccc4)CC32)c(OCC)c1. The third-order valence-corrected chi connectivity index (χ3v) is 5.50. The second kappa shape index (κ2) is 8.65. The minimum atomic E-state index is 0.144. The summed E-state index contributed by atoms with van der Waals surface area (Å²) in [5.74, 6) is 2.11. The molecule has 0 spiro atoms. The molecule has 28 heavy (non-hydrogen) atoms. The maximum Gasteiger partial charge on any atom is 0.128 e. The van der Waals surface area contributed by atoms with Gasteiger partial charge in [-0.05, 0) is 31.5 Å². The Morgan fingerprint density at radius 3 is 2.68 bits per heavy atom. The zero-order valence-corrected chi connectivity index (χ0v) is 16.7. The van der Waals surface area contributed by atoms with Gasteiger partial charge in [-0.15, -0.1) is 0 Å². The maximum atomic E-state index is 5.95. The van der Waals surface area contributed by atoms with E-state index in [9.17, 15) is 0 Å². The highest BCUT2D eigenvalue weighted by Crippen LogP contribution is 2.38. The van der Waals surface area contributed by atoms with Crippen LogP contribution in [0.4, 0.5) is 0 Å². The van der Waals surface area contributed by atoms with Gasteiger partial charge in [0.05, 0.1) is 19.3 Å². The molecule has 1 fully saturated rings. The number of hydrogen-bond donors (Lipinski definition) is 1. The third kappa shape index (κ3) is 3.99. The van der Waals surface area contributed by atoms with Crippen LogP contribution >= 0.6 is 0 Å². The number of hydrogen-bond acceptors (Lipinski definition) is 5. The quantitative estimate of drug-likeness (QED) is 0.790. The molecule has 2 heterocycles. The molecule has 2 aromatic carbocycles. The van der Waals surface area contributed by atoms with E-state index in [1.807, 2.05) is 26.0 Å². The van der Waals surface area contributed by atoms with Gasteiger partial charge in [-0.1, -0.05) is 30.3 Å². The molecule has 1 N–H and O–H groups in total. The van der Waals surface area contributed by atoms with E-state index < -0.39 is 0 Å². The fourth-order valence-corrected chi connectivity index (χ4v) is 4.19. The van der Waals surface area contributed by atoms with Crippen molar-refractivity contribution < 1.29 is 9.47 Å². The standard InChI is InChI=1S/C23H29N3O2/c1-3-27-18-10-11-19(22(14-18)28-4-2)23-20-16-26(13-12-21(20)24-25-23)15-17-8-6-5-7-9-17/h5-11,14,20,23,25H,3-4,12-13,15-16H2,1-2H3. The van der Waals surface area contributed by atoms with Gasteiger partial charge in [0.15, 0.2) is 0 Å². The lowest BCUT2D eigenvalue weighted by atomic mass is 9.86. The van der Waals surface area contributed by atoms with Gasteiger partial charge in [0.2, 0.25) is 0 Å². The topological polar surface area (TPSA) is 46.1 Å². The van der Waals surface area contributed by atoms with E-state index in [-0.39, 0.29) is 6.04 Å². The van der Waals surface area contributed by atoms with E-state index in [1.54, 1.807) is 0 Å². The first-order valence-electron chi connectivity index (χ1n) is 10.3. The second-order valence-corrected chi connectivity index (χ2v) is 7.35. The molecule has 5 heteroatoms. The Labute approximate surface area is 167 Å². The fourth-order valence-electron chi connectivity index (χ4n) is 4.19. The van der Waals surface area contributed by atoms with E-state index in [1.165, 1.54) is 11.3 Å². The van der Waals surface area contributed by atoms with Gasteiger partial charge in [-0.2, -0.15) is 5.10 Å². The van der Waals surface area contributed by atoms with Crippen LogP contribution in [0.25, 0.3) is 0 Å². The Morgan fingerprint density at radius 2 is 1.89 bits per heavy atom. The molecule has 2 aliphatic rings. The predicted octanol–water partition coefficient (Wildman–Crippen LogP) is 4.01. The van der Waals surface area contributed by atoms with E-state index in [0.29, 0.717) is 19.1 Å². The Hall–Kier alpha value is -2.53. The summed E-state index contributed by atoms with van der Waals surface area (Å²) < 4.78 is 11.6. The van der Waals surface area contributed by atoms with Crippen LogP contribution in [0.15, 0.2) is 53.6 Å². The third-order valence-electron chi connectivity index (χ3n) is 5.50. The van der Waals surface area contributed by atoms with Crippen LogP contribution in [0.2, 0.25) is 0 Å².